The van der Waals surface area contributed by atoms with Crippen molar-refractivity contribution in [3.63, 3.8) is 0 Å². The number of aromatic nitrogens is 1. The number of aliphatic hydroxyl groups is 1. The average Bonchev–Trinajstić information content (AvgIpc) is 3.55. The number of aryl methyl sites for hydroxylation is 1. The van der Waals surface area contributed by atoms with E-state index < -0.39 is 17.4 Å². The lowest BCUT2D eigenvalue weighted by Gasteiger charge is -2.31. The van der Waals surface area contributed by atoms with Crippen molar-refractivity contribution in [1.29, 1.82) is 0 Å². The first kappa shape index (κ1) is 28.8. The number of carboxylic acid groups (broad SMARTS) is 1. The molecule has 4 rings (SSSR count). The van der Waals surface area contributed by atoms with Crippen LogP contribution in [0.1, 0.15) is 79.6 Å². The molecule has 210 valence electrons. The summed E-state index contributed by atoms with van der Waals surface area (Å²) in [6.07, 6.45) is 6.33. The number of aliphatic carboxylic acids is 1. The number of anilines is 1. The van der Waals surface area contributed by atoms with Crippen LogP contribution in [-0.4, -0.2) is 51.4 Å². The van der Waals surface area contributed by atoms with Crippen molar-refractivity contribution in [3.05, 3.63) is 59.0 Å². The van der Waals surface area contributed by atoms with Crippen LogP contribution in [0.25, 0.3) is 10.8 Å². The van der Waals surface area contributed by atoms with Gasteiger partial charge < -0.3 is 30.0 Å². The lowest BCUT2D eigenvalue weighted by atomic mass is 9.94. The molecule has 2 heterocycles. The summed E-state index contributed by atoms with van der Waals surface area (Å²) in [4.78, 5) is 30.1. The number of ether oxygens (including phenoxy) is 1. The largest absolute Gasteiger partial charge is 0.480 e. The minimum absolute atomic E-state index is 0.0252. The normalized spacial score (nSPS) is 18.5. The van der Waals surface area contributed by atoms with Gasteiger partial charge >= 0.3 is 5.97 Å². The predicted octanol–water partition coefficient (Wildman–Crippen LogP) is 5.34. The highest BCUT2D eigenvalue weighted by Crippen LogP contribution is 2.40. The van der Waals surface area contributed by atoms with E-state index in [1.807, 2.05) is 12.1 Å². The fourth-order valence-electron chi connectivity index (χ4n) is 4.85. The Kier molecular flexibility index (Phi) is 9.09. The second-order valence-corrected chi connectivity index (χ2v) is 11.5. The molecule has 2 aromatic heterocycles. The molecule has 10 heteroatoms. The van der Waals surface area contributed by atoms with Crippen molar-refractivity contribution >= 4 is 28.2 Å². The zero-order chi connectivity index (χ0) is 28.2. The van der Waals surface area contributed by atoms with Gasteiger partial charge in [0.1, 0.15) is 22.9 Å². The Morgan fingerprint density at radius 2 is 1.95 bits per heavy atom. The Labute approximate surface area is 232 Å². The number of nitrogens with zero attached hydrogens (tertiary/aromatic N) is 1. The number of carbonyl (C=O) groups is 2. The molecule has 1 atom stereocenters. The first-order valence-corrected chi connectivity index (χ1v) is 14.2. The van der Waals surface area contributed by atoms with E-state index >= 15 is 0 Å². The standard InChI is InChI=1S/C29H37N3O6S/c1-5-18-8-6-7-9-21(18)22(38-20-12-10-19(33)11-13-20)16-31-27-23(25(34)32-29(3,4)28(35)36)17(2)24(39-27)26-30-14-15-37-26/h6-9,14-15,19-20,22,31,33H,5,10-13,16H2,1-4H3,(H,32,34)(H,35,36)/t19?,20?,22-/m0/s1. The third kappa shape index (κ3) is 6.69. The number of carboxylic acids is 1. The maximum Gasteiger partial charge on any atom is 0.328 e. The second kappa shape index (κ2) is 12.3. The second-order valence-electron chi connectivity index (χ2n) is 10.5. The van der Waals surface area contributed by atoms with Crippen molar-refractivity contribution in [3.8, 4) is 10.8 Å². The Morgan fingerprint density at radius 1 is 1.23 bits per heavy atom. The fraction of sp³-hybridized carbons (Fsp3) is 0.483. The van der Waals surface area contributed by atoms with E-state index in [-0.39, 0.29) is 18.3 Å². The van der Waals surface area contributed by atoms with Gasteiger partial charge in [-0.15, -0.1) is 11.3 Å². The Bertz CT molecular complexity index is 1280. The van der Waals surface area contributed by atoms with Gasteiger partial charge in [0.2, 0.25) is 5.89 Å². The van der Waals surface area contributed by atoms with Crippen molar-refractivity contribution in [2.24, 2.45) is 0 Å². The molecule has 0 bridgehead atoms. The molecule has 3 aromatic rings. The fourth-order valence-corrected chi connectivity index (χ4v) is 6.00. The van der Waals surface area contributed by atoms with E-state index in [2.05, 4.69) is 34.7 Å². The van der Waals surface area contributed by atoms with Gasteiger partial charge in [-0.05, 0) is 69.6 Å². The smallest absolute Gasteiger partial charge is 0.328 e. The summed E-state index contributed by atoms with van der Waals surface area (Å²) >= 11 is 1.34. The van der Waals surface area contributed by atoms with Gasteiger partial charge in [0.15, 0.2) is 0 Å². The average molecular weight is 556 g/mol. The van der Waals surface area contributed by atoms with Gasteiger partial charge in [-0.1, -0.05) is 31.2 Å². The maximum absolute atomic E-state index is 13.4. The lowest BCUT2D eigenvalue weighted by Crippen LogP contribution is -2.49. The SMILES string of the molecule is CCc1ccccc1[C@H](CNc1sc(-c2ncco2)c(C)c1C(=O)NC(C)(C)C(=O)O)OC1CCC(O)CC1. The summed E-state index contributed by atoms with van der Waals surface area (Å²) in [5, 5.41) is 26.2. The first-order chi connectivity index (χ1) is 18.6. The molecule has 1 amide bonds. The molecule has 0 radical (unpaired) electrons. The number of hydrogen-bond acceptors (Lipinski definition) is 8. The molecule has 0 aliphatic heterocycles. The molecule has 0 saturated heterocycles. The molecule has 0 unspecified atom stereocenters. The number of carbonyl (C=O) groups excluding carboxylic acids is 1. The molecule has 4 N–H and O–H groups in total. The molecular formula is C29H37N3O6S. The summed E-state index contributed by atoms with van der Waals surface area (Å²) in [7, 11) is 0. The molecule has 1 fully saturated rings. The molecule has 1 aromatic carbocycles. The number of nitrogens with one attached hydrogen (secondary N) is 2. The predicted molar refractivity (Wildman–Crippen MR) is 150 cm³/mol. The number of aliphatic hydroxyl groups excluding tert-OH is 1. The van der Waals surface area contributed by atoms with E-state index in [4.69, 9.17) is 9.15 Å². The van der Waals surface area contributed by atoms with Crippen LogP contribution in [-0.2, 0) is 16.0 Å². The van der Waals surface area contributed by atoms with Crippen LogP contribution in [0.2, 0.25) is 0 Å². The molecule has 1 aliphatic carbocycles. The van der Waals surface area contributed by atoms with Gasteiger partial charge in [0.05, 0.1) is 28.8 Å². The third-order valence-electron chi connectivity index (χ3n) is 7.19. The topological polar surface area (TPSA) is 134 Å². The number of oxazole rings is 1. The van der Waals surface area contributed by atoms with Gasteiger partial charge in [-0.25, -0.2) is 9.78 Å². The highest BCUT2D eigenvalue weighted by atomic mass is 32.1. The van der Waals surface area contributed by atoms with Crippen LogP contribution in [0.15, 0.2) is 41.1 Å². The van der Waals surface area contributed by atoms with E-state index in [1.54, 1.807) is 13.1 Å². The number of thiophene rings is 1. The molecule has 0 spiro atoms. The van der Waals surface area contributed by atoms with Crippen molar-refractivity contribution in [2.75, 3.05) is 11.9 Å². The molecule has 39 heavy (non-hydrogen) atoms. The first-order valence-electron chi connectivity index (χ1n) is 13.3. The molecule has 1 saturated carbocycles. The molecule has 1 aliphatic rings. The summed E-state index contributed by atoms with van der Waals surface area (Å²) in [6, 6.07) is 8.18. The summed E-state index contributed by atoms with van der Waals surface area (Å²) in [5.74, 6) is -1.24. The Hall–Kier alpha value is -3.21. The highest BCUT2D eigenvalue weighted by molar-refractivity contribution is 7.20. The van der Waals surface area contributed by atoms with E-state index in [0.29, 0.717) is 46.3 Å². The Balaban J connectivity index is 1.66. The lowest BCUT2D eigenvalue weighted by molar-refractivity contribution is -0.143. The molecular weight excluding hydrogens is 518 g/mol. The summed E-state index contributed by atoms with van der Waals surface area (Å²) in [5.41, 5.74) is 1.81. The van der Waals surface area contributed by atoms with Crippen LogP contribution in [0.4, 0.5) is 5.00 Å². The summed E-state index contributed by atoms with van der Waals surface area (Å²) in [6.45, 7) is 7.20. The quantitative estimate of drug-likeness (QED) is 0.249. The third-order valence-corrected chi connectivity index (χ3v) is 8.43. The van der Waals surface area contributed by atoms with Crippen LogP contribution in [0.3, 0.4) is 0 Å². The minimum Gasteiger partial charge on any atom is -0.480 e. The maximum atomic E-state index is 13.4. The van der Waals surface area contributed by atoms with Crippen LogP contribution >= 0.6 is 11.3 Å². The van der Waals surface area contributed by atoms with Crippen molar-refractivity contribution in [1.82, 2.24) is 10.3 Å². The van der Waals surface area contributed by atoms with Crippen molar-refractivity contribution in [2.45, 2.75) is 83.6 Å². The summed E-state index contributed by atoms with van der Waals surface area (Å²) < 4.78 is 12.2. The van der Waals surface area contributed by atoms with Gasteiger partial charge in [-0.2, -0.15) is 0 Å². The van der Waals surface area contributed by atoms with Gasteiger partial charge in [0, 0.05) is 6.54 Å². The van der Waals surface area contributed by atoms with Gasteiger partial charge in [0.25, 0.3) is 5.91 Å². The van der Waals surface area contributed by atoms with E-state index in [0.717, 1.165) is 24.8 Å². The highest BCUT2D eigenvalue weighted by Gasteiger charge is 2.33. The zero-order valence-corrected chi connectivity index (χ0v) is 23.6. The monoisotopic (exact) mass is 555 g/mol. The van der Waals surface area contributed by atoms with E-state index in [1.165, 1.54) is 37.0 Å². The molecule has 9 nitrogen and oxygen atoms in total. The number of amides is 1. The van der Waals surface area contributed by atoms with Crippen molar-refractivity contribution < 1.29 is 29.0 Å². The zero-order valence-electron chi connectivity index (χ0n) is 22.8. The number of rotatable bonds is 11. The van der Waals surface area contributed by atoms with Crippen LogP contribution in [0.5, 0.6) is 0 Å². The Morgan fingerprint density at radius 3 is 2.59 bits per heavy atom. The number of hydrogen-bond donors (Lipinski definition) is 4. The number of benzene rings is 1. The van der Waals surface area contributed by atoms with Crippen LogP contribution in [0, 0.1) is 6.92 Å². The van der Waals surface area contributed by atoms with Crippen LogP contribution < -0.4 is 10.6 Å². The minimum atomic E-state index is -1.46. The van der Waals surface area contributed by atoms with Gasteiger partial charge in [-0.3, -0.25) is 4.79 Å². The van der Waals surface area contributed by atoms with E-state index in [9.17, 15) is 19.8 Å².